The maximum Gasteiger partial charge on any atom is 0.390 e. The van der Waals surface area contributed by atoms with Crippen LogP contribution in [0.4, 0.5) is 0 Å². The van der Waals surface area contributed by atoms with Gasteiger partial charge in [-0.1, -0.05) is 0 Å². The van der Waals surface area contributed by atoms with Gasteiger partial charge < -0.3 is 9.58 Å². The highest BCUT2D eigenvalue weighted by Gasteiger charge is 2.28. The van der Waals surface area contributed by atoms with Crippen LogP contribution in [0.5, 0.6) is 0 Å². The van der Waals surface area contributed by atoms with Crippen molar-refractivity contribution in [2.75, 3.05) is 6.61 Å². The van der Waals surface area contributed by atoms with Crippen LogP contribution in [0.25, 0.3) is 4.85 Å². The van der Waals surface area contributed by atoms with E-state index >= 15 is 0 Å². The van der Waals surface area contributed by atoms with Crippen LogP contribution in [0.1, 0.15) is 12.8 Å². The van der Waals surface area contributed by atoms with Gasteiger partial charge in [-0.15, -0.1) is 0 Å². The first-order chi connectivity index (χ1) is 4.34. The van der Waals surface area contributed by atoms with Gasteiger partial charge in [0.2, 0.25) is 0 Å². The van der Waals surface area contributed by atoms with Gasteiger partial charge in [-0.2, -0.15) is 0 Å². The van der Waals surface area contributed by atoms with E-state index in [9.17, 15) is 4.79 Å². The van der Waals surface area contributed by atoms with E-state index in [0.717, 1.165) is 6.42 Å². The zero-order chi connectivity index (χ0) is 6.69. The summed E-state index contributed by atoms with van der Waals surface area (Å²) in [7, 11) is 0. The molecule has 0 aromatic rings. The third-order valence-electron chi connectivity index (χ3n) is 1.29. The van der Waals surface area contributed by atoms with Crippen LogP contribution in [-0.4, -0.2) is 18.6 Å². The summed E-state index contributed by atoms with van der Waals surface area (Å²) < 4.78 is 4.63. The molecule has 9 heavy (non-hydrogen) atoms. The zero-order valence-electron chi connectivity index (χ0n) is 4.96. The first-order valence-electron chi connectivity index (χ1n) is 2.88. The van der Waals surface area contributed by atoms with Crippen molar-refractivity contribution in [3.8, 4) is 0 Å². The minimum Gasteiger partial charge on any atom is -0.460 e. The Morgan fingerprint density at radius 2 is 2.56 bits per heavy atom. The number of rotatable bonds is 0. The fourth-order valence-electron chi connectivity index (χ4n) is 0.781. The highest BCUT2D eigenvalue weighted by atomic mass is 16.5. The molecule has 0 bridgehead atoms. The summed E-state index contributed by atoms with van der Waals surface area (Å²) in [5, 5.41) is 0. The molecule has 1 saturated heterocycles. The van der Waals surface area contributed by atoms with Crippen molar-refractivity contribution in [3.63, 3.8) is 0 Å². The predicted octanol–water partition coefficient (Wildman–Crippen LogP) is 0.611. The summed E-state index contributed by atoms with van der Waals surface area (Å²) in [6.07, 6.45) is 1.50. The van der Waals surface area contributed by atoms with E-state index in [1.807, 2.05) is 0 Å². The molecule has 1 atom stereocenters. The van der Waals surface area contributed by atoms with Crippen molar-refractivity contribution >= 4 is 5.97 Å². The topological polar surface area (TPSA) is 30.7 Å². The smallest absolute Gasteiger partial charge is 0.390 e. The second-order valence-corrected chi connectivity index (χ2v) is 1.95. The Kier molecular flexibility index (Phi) is 1.69. The molecule has 1 aliphatic heterocycles. The lowest BCUT2D eigenvalue weighted by atomic mass is 10.1. The van der Waals surface area contributed by atoms with Crippen molar-refractivity contribution < 1.29 is 9.53 Å². The Morgan fingerprint density at radius 1 is 1.78 bits per heavy atom. The SMILES string of the molecule is [C-]#[N+]C1CCCOC1=O. The Balaban J connectivity index is 2.51. The predicted molar refractivity (Wildman–Crippen MR) is 30.6 cm³/mol. The molecule has 0 aromatic heterocycles. The Bertz CT molecular complexity index is 159. The van der Waals surface area contributed by atoms with Crippen molar-refractivity contribution in [3.05, 3.63) is 11.4 Å². The molecule has 48 valence electrons. The van der Waals surface area contributed by atoms with Crippen LogP contribution in [0.2, 0.25) is 0 Å². The molecule has 0 saturated carbocycles. The number of hydrogen-bond acceptors (Lipinski definition) is 2. The molecule has 0 N–H and O–H groups in total. The highest BCUT2D eigenvalue weighted by Crippen LogP contribution is 2.10. The van der Waals surface area contributed by atoms with Gasteiger partial charge in [0.25, 0.3) is 0 Å². The maximum atomic E-state index is 10.6. The largest absolute Gasteiger partial charge is 0.460 e. The van der Waals surface area contributed by atoms with Crippen LogP contribution < -0.4 is 0 Å². The maximum absolute atomic E-state index is 10.6. The van der Waals surface area contributed by atoms with Crippen molar-refractivity contribution in [2.24, 2.45) is 0 Å². The standard InChI is InChI=1S/C6H7NO2/c1-7-5-3-2-4-9-6(5)8/h5H,2-4H2. The summed E-state index contributed by atoms with van der Waals surface area (Å²) >= 11 is 0. The van der Waals surface area contributed by atoms with Crippen LogP contribution in [-0.2, 0) is 9.53 Å². The van der Waals surface area contributed by atoms with Crippen molar-refractivity contribution in [1.82, 2.24) is 0 Å². The monoisotopic (exact) mass is 125 g/mol. The van der Waals surface area contributed by atoms with E-state index in [-0.39, 0.29) is 5.97 Å². The highest BCUT2D eigenvalue weighted by molar-refractivity contribution is 5.78. The van der Waals surface area contributed by atoms with Gasteiger partial charge in [0.05, 0.1) is 6.61 Å². The molecule has 0 amide bonds. The van der Waals surface area contributed by atoms with Crippen LogP contribution >= 0.6 is 0 Å². The van der Waals surface area contributed by atoms with Gasteiger partial charge in [0.15, 0.2) is 0 Å². The van der Waals surface area contributed by atoms with E-state index in [2.05, 4.69) is 9.58 Å². The van der Waals surface area contributed by atoms with Crippen LogP contribution in [0, 0.1) is 6.57 Å². The van der Waals surface area contributed by atoms with E-state index in [0.29, 0.717) is 13.0 Å². The summed E-state index contributed by atoms with van der Waals surface area (Å²) in [5.41, 5.74) is 0. The summed E-state index contributed by atoms with van der Waals surface area (Å²) in [6.45, 7) is 7.04. The van der Waals surface area contributed by atoms with Gasteiger partial charge in [0.1, 0.15) is 0 Å². The fraction of sp³-hybridized carbons (Fsp3) is 0.667. The molecular formula is C6H7NO2. The normalized spacial score (nSPS) is 26.6. The van der Waals surface area contributed by atoms with Gasteiger partial charge in [-0.25, -0.2) is 11.4 Å². The molecule has 0 aromatic carbocycles. The summed E-state index contributed by atoms with van der Waals surface area (Å²) in [6, 6.07) is -0.515. The molecule has 3 nitrogen and oxygen atoms in total. The first kappa shape index (κ1) is 6.09. The third kappa shape index (κ3) is 1.20. The minimum atomic E-state index is -0.515. The van der Waals surface area contributed by atoms with E-state index in [1.165, 1.54) is 0 Å². The van der Waals surface area contributed by atoms with Crippen molar-refractivity contribution in [1.29, 1.82) is 0 Å². The summed E-state index contributed by atoms with van der Waals surface area (Å²) in [4.78, 5) is 13.7. The average Bonchev–Trinajstić information content (AvgIpc) is 1.89. The summed E-state index contributed by atoms with van der Waals surface area (Å²) in [5.74, 6) is -0.351. The Morgan fingerprint density at radius 3 is 3.00 bits per heavy atom. The van der Waals surface area contributed by atoms with E-state index < -0.39 is 6.04 Å². The molecule has 1 aliphatic rings. The number of ether oxygens (including phenoxy) is 1. The lowest BCUT2D eigenvalue weighted by Crippen LogP contribution is -2.25. The molecule has 1 rings (SSSR count). The van der Waals surface area contributed by atoms with Crippen LogP contribution in [0.15, 0.2) is 0 Å². The van der Waals surface area contributed by atoms with Crippen LogP contribution in [0.3, 0.4) is 0 Å². The van der Waals surface area contributed by atoms with E-state index in [4.69, 9.17) is 6.57 Å². The average molecular weight is 125 g/mol. The fourth-order valence-corrected chi connectivity index (χ4v) is 0.781. The molecular weight excluding hydrogens is 118 g/mol. The Hall–Kier alpha value is -1.04. The number of cyclic esters (lactones) is 1. The van der Waals surface area contributed by atoms with Gasteiger partial charge in [-0.05, 0) is 6.42 Å². The molecule has 0 spiro atoms. The zero-order valence-corrected chi connectivity index (χ0v) is 4.96. The van der Waals surface area contributed by atoms with Crippen molar-refractivity contribution in [2.45, 2.75) is 18.9 Å². The molecule has 0 aliphatic carbocycles. The van der Waals surface area contributed by atoms with Gasteiger partial charge in [0, 0.05) is 6.42 Å². The number of hydrogen-bond donors (Lipinski definition) is 0. The van der Waals surface area contributed by atoms with Gasteiger partial charge in [-0.3, -0.25) is 0 Å². The lowest BCUT2D eigenvalue weighted by molar-refractivity contribution is -0.147. The lowest BCUT2D eigenvalue weighted by Gasteiger charge is -2.10. The molecule has 1 heterocycles. The quantitative estimate of drug-likeness (QED) is 0.351. The molecule has 1 unspecified atom stereocenters. The second-order valence-electron chi connectivity index (χ2n) is 1.95. The third-order valence-corrected chi connectivity index (χ3v) is 1.29. The number of esters is 1. The molecule has 0 radical (unpaired) electrons. The minimum absolute atomic E-state index is 0.351. The number of carbonyl (C=O) groups is 1. The van der Waals surface area contributed by atoms with Gasteiger partial charge >= 0.3 is 12.0 Å². The molecule has 3 heteroatoms. The number of carbonyl (C=O) groups excluding carboxylic acids is 1. The van der Waals surface area contributed by atoms with E-state index in [1.54, 1.807) is 0 Å². The second kappa shape index (κ2) is 2.49. The first-order valence-corrected chi connectivity index (χ1v) is 2.88. The number of nitrogens with zero attached hydrogens (tertiary/aromatic N) is 1. The molecule has 1 fully saturated rings. The Labute approximate surface area is 53.4 Å².